The molecule has 6 nitrogen and oxygen atoms in total. The van der Waals surface area contributed by atoms with Crippen LogP contribution in [-0.2, 0) is 14.3 Å². The Balaban J connectivity index is 1.45. The fourth-order valence-corrected chi connectivity index (χ4v) is 5.19. The monoisotopic (exact) mass is 361 g/mol. The normalized spacial score (nSPS) is 36.0. The van der Waals surface area contributed by atoms with E-state index in [4.69, 9.17) is 4.74 Å². The molecule has 4 atom stereocenters. The minimum absolute atomic E-state index is 0.0549. The minimum Gasteiger partial charge on any atom is -0.360 e. The third-order valence-corrected chi connectivity index (χ3v) is 6.53. The van der Waals surface area contributed by atoms with Crippen molar-refractivity contribution in [3.05, 3.63) is 12.2 Å². The van der Waals surface area contributed by atoms with Crippen molar-refractivity contribution in [2.45, 2.75) is 44.3 Å². The first-order valence-electron chi connectivity index (χ1n) is 10.2. The summed E-state index contributed by atoms with van der Waals surface area (Å²) in [5, 5.41) is 0. The number of carbonyl (C=O) groups excluding carboxylic acids is 2. The SMILES string of the molecule is CCCN(C)C(=O)[C@@H]1[C@@H]2C=C[C@@]3(CN(CCN4CCCCC4)C(=O)[C@H]13)O2. The molecule has 1 spiro atoms. The molecule has 4 aliphatic rings. The number of amides is 2. The summed E-state index contributed by atoms with van der Waals surface area (Å²) in [5.74, 6) is -0.536. The number of hydrogen-bond acceptors (Lipinski definition) is 4. The lowest BCUT2D eigenvalue weighted by atomic mass is 9.76. The second-order valence-corrected chi connectivity index (χ2v) is 8.32. The van der Waals surface area contributed by atoms with Gasteiger partial charge in [-0.15, -0.1) is 0 Å². The van der Waals surface area contributed by atoms with Crippen LogP contribution in [0.4, 0.5) is 0 Å². The van der Waals surface area contributed by atoms with E-state index in [-0.39, 0.29) is 29.8 Å². The molecule has 4 aliphatic heterocycles. The third-order valence-electron chi connectivity index (χ3n) is 6.53. The van der Waals surface area contributed by atoms with Crippen molar-refractivity contribution in [3.63, 3.8) is 0 Å². The zero-order valence-corrected chi connectivity index (χ0v) is 16.0. The van der Waals surface area contributed by atoms with Crippen LogP contribution in [-0.4, -0.2) is 84.5 Å². The van der Waals surface area contributed by atoms with E-state index in [2.05, 4.69) is 11.8 Å². The number of ether oxygens (including phenoxy) is 1. The Morgan fingerprint density at radius 3 is 2.81 bits per heavy atom. The number of fused-ring (bicyclic) bond motifs is 1. The summed E-state index contributed by atoms with van der Waals surface area (Å²) in [4.78, 5) is 32.3. The van der Waals surface area contributed by atoms with Gasteiger partial charge in [-0.2, -0.15) is 0 Å². The third kappa shape index (κ3) is 2.87. The smallest absolute Gasteiger partial charge is 0.230 e. The summed E-state index contributed by atoms with van der Waals surface area (Å²) in [7, 11) is 1.84. The van der Waals surface area contributed by atoms with Crippen LogP contribution < -0.4 is 0 Å². The Morgan fingerprint density at radius 1 is 1.31 bits per heavy atom. The lowest BCUT2D eigenvalue weighted by molar-refractivity contribution is -0.142. The molecule has 144 valence electrons. The van der Waals surface area contributed by atoms with E-state index >= 15 is 0 Å². The van der Waals surface area contributed by atoms with Gasteiger partial charge in [-0.1, -0.05) is 25.5 Å². The maximum absolute atomic E-state index is 13.2. The average molecular weight is 361 g/mol. The fraction of sp³-hybridized carbons (Fsp3) is 0.800. The molecule has 6 heteroatoms. The summed E-state index contributed by atoms with van der Waals surface area (Å²) < 4.78 is 6.20. The lowest BCUT2D eigenvalue weighted by Crippen LogP contribution is -2.45. The molecule has 4 rings (SSSR count). The van der Waals surface area contributed by atoms with Crippen molar-refractivity contribution in [2.75, 3.05) is 46.3 Å². The zero-order chi connectivity index (χ0) is 18.3. The Hall–Kier alpha value is -1.40. The molecule has 4 heterocycles. The minimum atomic E-state index is -0.572. The number of carbonyl (C=O) groups is 2. The van der Waals surface area contributed by atoms with Crippen LogP contribution in [0.15, 0.2) is 12.2 Å². The van der Waals surface area contributed by atoms with Gasteiger partial charge in [0.1, 0.15) is 5.60 Å². The van der Waals surface area contributed by atoms with Crippen LogP contribution in [0.3, 0.4) is 0 Å². The highest BCUT2D eigenvalue weighted by molar-refractivity contribution is 5.93. The molecule has 0 radical (unpaired) electrons. The Morgan fingerprint density at radius 2 is 2.08 bits per heavy atom. The first-order chi connectivity index (χ1) is 12.6. The molecule has 2 bridgehead atoms. The molecular formula is C20H31N3O3. The van der Waals surface area contributed by atoms with Gasteiger partial charge in [-0.25, -0.2) is 0 Å². The van der Waals surface area contributed by atoms with Crippen LogP contribution in [0.5, 0.6) is 0 Å². The molecule has 2 amide bonds. The van der Waals surface area contributed by atoms with Crippen LogP contribution in [0.2, 0.25) is 0 Å². The average Bonchev–Trinajstić information content (AvgIpc) is 3.29. The molecule has 0 N–H and O–H groups in total. The van der Waals surface area contributed by atoms with Gasteiger partial charge in [0.25, 0.3) is 0 Å². The summed E-state index contributed by atoms with van der Waals surface area (Å²) in [6, 6.07) is 0. The highest BCUT2D eigenvalue weighted by Gasteiger charge is 2.66. The summed E-state index contributed by atoms with van der Waals surface area (Å²) in [6.45, 7) is 7.32. The van der Waals surface area contributed by atoms with Gasteiger partial charge in [0.15, 0.2) is 0 Å². The van der Waals surface area contributed by atoms with Crippen molar-refractivity contribution >= 4 is 11.8 Å². The summed E-state index contributed by atoms with van der Waals surface area (Å²) in [6.07, 6.45) is 8.56. The molecule has 0 saturated carbocycles. The number of likely N-dealkylation sites (tertiary alicyclic amines) is 2. The van der Waals surface area contributed by atoms with Gasteiger partial charge >= 0.3 is 0 Å². The van der Waals surface area contributed by atoms with Gasteiger partial charge in [0, 0.05) is 26.7 Å². The predicted molar refractivity (Wildman–Crippen MR) is 98.5 cm³/mol. The molecule has 0 aromatic rings. The van der Waals surface area contributed by atoms with Crippen LogP contribution in [0.25, 0.3) is 0 Å². The Labute approximate surface area is 156 Å². The number of hydrogen-bond donors (Lipinski definition) is 0. The van der Waals surface area contributed by atoms with Crippen molar-refractivity contribution < 1.29 is 14.3 Å². The van der Waals surface area contributed by atoms with Gasteiger partial charge in [0.05, 0.1) is 24.5 Å². The van der Waals surface area contributed by atoms with Crippen molar-refractivity contribution in [2.24, 2.45) is 11.8 Å². The number of piperidine rings is 1. The quantitative estimate of drug-likeness (QED) is 0.666. The Kier molecular flexibility index (Phi) is 4.82. The lowest BCUT2D eigenvalue weighted by Gasteiger charge is -2.29. The van der Waals surface area contributed by atoms with Gasteiger partial charge in [0.2, 0.25) is 11.8 Å². The second kappa shape index (κ2) is 6.97. The number of rotatable bonds is 6. The summed E-state index contributed by atoms with van der Waals surface area (Å²) >= 11 is 0. The first-order valence-corrected chi connectivity index (χ1v) is 10.2. The van der Waals surface area contributed by atoms with Crippen molar-refractivity contribution in [1.29, 1.82) is 0 Å². The van der Waals surface area contributed by atoms with E-state index in [0.29, 0.717) is 6.54 Å². The van der Waals surface area contributed by atoms with E-state index < -0.39 is 5.60 Å². The first kappa shape index (κ1) is 18.0. The van der Waals surface area contributed by atoms with Crippen LogP contribution in [0, 0.1) is 11.8 Å². The topological polar surface area (TPSA) is 53.1 Å². The van der Waals surface area contributed by atoms with Gasteiger partial charge < -0.3 is 19.4 Å². The summed E-state index contributed by atoms with van der Waals surface area (Å²) in [5.41, 5.74) is -0.572. The van der Waals surface area contributed by atoms with Crippen LogP contribution in [0.1, 0.15) is 32.6 Å². The standard InChI is InChI=1S/C20H31N3O3/c1-3-9-21(2)18(24)16-15-7-8-20(26-15)14-23(19(25)17(16)20)13-12-22-10-5-4-6-11-22/h7-8,15-17H,3-6,9-14H2,1-2H3/t15-,16+,17-,20-/m0/s1. The van der Waals surface area contributed by atoms with E-state index in [1.807, 2.05) is 24.1 Å². The fourth-order valence-electron chi connectivity index (χ4n) is 5.19. The molecule has 3 fully saturated rings. The van der Waals surface area contributed by atoms with Gasteiger partial charge in [-0.3, -0.25) is 9.59 Å². The molecule has 0 aromatic heterocycles. The van der Waals surface area contributed by atoms with E-state index in [1.165, 1.54) is 19.3 Å². The highest BCUT2D eigenvalue weighted by Crippen LogP contribution is 2.52. The van der Waals surface area contributed by atoms with Crippen LogP contribution >= 0.6 is 0 Å². The zero-order valence-electron chi connectivity index (χ0n) is 16.0. The second-order valence-electron chi connectivity index (χ2n) is 8.32. The molecular weight excluding hydrogens is 330 g/mol. The van der Waals surface area contributed by atoms with E-state index in [1.54, 1.807) is 4.90 Å². The number of nitrogens with zero attached hydrogens (tertiary/aromatic N) is 3. The largest absolute Gasteiger partial charge is 0.360 e. The molecule has 3 saturated heterocycles. The van der Waals surface area contributed by atoms with Crippen molar-refractivity contribution in [3.8, 4) is 0 Å². The molecule has 0 aromatic carbocycles. The molecule has 26 heavy (non-hydrogen) atoms. The Bertz CT molecular complexity index is 601. The maximum atomic E-state index is 13.2. The maximum Gasteiger partial charge on any atom is 0.230 e. The molecule has 0 aliphatic carbocycles. The van der Waals surface area contributed by atoms with Crippen molar-refractivity contribution in [1.82, 2.24) is 14.7 Å². The van der Waals surface area contributed by atoms with E-state index in [9.17, 15) is 9.59 Å². The molecule has 0 unspecified atom stereocenters. The van der Waals surface area contributed by atoms with E-state index in [0.717, 1.165) is 39.1 Å². The van der Waals surface area contributed by atoms with Gasteiger partial charge in [-0.05, 0) is 32.4 Å². The predicted octanol–water partition coefficient (Wildman–Crippen LogP) is 1.12. The highest BCUT2D eigenvalue weighted by atomic mass is 16.5.